The van der Waals surface area contributed by atoms with Gasteiger partial charge in [0.2, 0.25) is 0 Å². The van der Waals surface area contributed by atoms with E-state index in [2.05, 4.69) is 128 Å². The fraction of sp³-hybridized carbons (Fsp3) is 0.0986. The molecule has 0 saturated carbocycles. The molecule has 0 fully saturated rings. The highest BCUT2D eigenvalue weighted by molar-refractivity contribution is 6.15. The van der Waals surface area contributed by atoms with E-state index in [9.17, 15) is 25.5 Å². The lowest BCUT2D eigenvalue weighted by Gasteiger charge is -2.65. The van der Waals surface area contributed by atoms with Crippen LogP contribution in [0.15, 0.2) is 204 Å². The van der Waals surface area contributed by atoms with Crippen molar-refractivity contribution in [2.75, 3.05) is 0 Å². The zero-order chi connectivity index (χ0) is 49.8. The molecule has 10 aromatic rings. The molecule has 0 saturated heterocycles. The molecule has 21 rings (SSSR count). The third kappa shape index (κ3) is 3.06. The van der Waals surface area contributed by atoms with Gasteiger partial charge in [-0.2, -0.15) is 0 Å². The molecule has 0 aliphatic heterocycles. The summed E-state index contributed by atoms with van der Waals surface area (Å²) in [5.41, 5.74) is 30.4. The van der Waals surface area contributed by atoms with Crippen LogP contribution in [0.3, 0.4) is 0 Å². The Morgan fingerprint density at radius 2 is 0.421 bits per heavy atom. The molecule has 76 heavy (non-hydrogen) atoms. The van der Waals surface area contributed by atoms with Crippen molar-refractivity contribution in [1.29, 1.82) is 0 Å². The Kier molecular flexibility index (Phi) is 5.50. The summed E-state index contributed by atoms with van der Waals surface area (Å²) in [5.74, 6) is 1.05. The Labute approximate surface area is 434 Å². The second-order valence-electron chi connectivity index (χ2n) is 23.7. The number of hydrogen-bond acceptors (Lipinski definition) is 5. The van der Waals surface area contributed by atoms with Crippen molar-refractivity contribution in [2.45, 2.75) is 34.0 Å². The molecule has 0 spiro atoms. The van der Waals surface area contributed by atoms with Crippen molar-refractivity contribution in [1.82, 2.24) is 0 Å². The van der Waals surface area contributed by atoms with Gasteiger partial charge in [0.15, 0.2) is 0 Å². The van der Waals surface area contributed by atoms with Crippen LogP contribution in [0.25, 0.3) is 55.6 Å². The van der Waals surface area contributed by atoms with Crippen LogP contribution in [0.5, 0.6) is 28.7 Å². The number of aromatic hydroxyl groups is 5. The lowest BCUT2D eigenvalue weighted by Crippen LogP contribution is -2.62. The molecule has 11 aliphatic carbocycles. The quantitative estimate of drug-likeness (QED) is 0.118. The predicted octanol–water partition coefficient (Wildman–Crippen LogP) is 13.8. The number of phenolic OH excluding ortho intramolecular Hbond substituents is 5. The summed E-state index contributed by atoms with van der Waals surface area (Å²) in [7, 11) is 0. The average molecular weight is 971 g/mol. The molecule has 5 nitrogen and oxygen atoms in total. The van der Waals surface area contributed by atoms with E-state index < -0.39 is 32.5 Å². The minimum absolute atomic E-state index is 0.209. The van der Waals surface area contributed by atoms with Crippen LogP contribution in [0.4, 0.5) is 0 Å². The Hall–Kier alpha value is -9.32. The van der Waals surface area contributed by atoms with Crippen LogP contribution in [0, 0.1) is 5.41 Å². The van der Waals surface area contributed by atoms with Crippen molar-refractivity contribution in [2.24, 2.45) is 5.41 Å². The first kappa shape index (κ1) is 38.3. The van der Waals surface area contributed by atoms with E-state index in [1.807, 2.05) is 60.7 Å². The molecular weight excluding hydrogens is 933 g/mol. The highest BCUT2D eigenvalue weighted by Gasteiger charge is 2.85. The van der Waals surface area contributed by atoms with Crippen molar-refractivity contribution in [3.63, 3.8) is 0 Å². The molecule has 0 bridgehead atoms. The molecule has 0 amide bonds. The molecular formula is C71H38O5. The molecule has 5 heteroatoms. The number of hydrogen-bond donors (Lipinski definition) is 5. The van der Waals surface area contributed by atoms with Gasteiger partial charge in [0.05, 0.1) is 27.1 Å². The van der Waals surface area contributed by atoms with Crippen LogP contribution in [-0.2, 0) is 27.1 Å². The summed E-state index contributed by atoms with van der Waals surface area (Å²) >= 11 is 0. The molecule has 352 valence electrons. The summed E-state index contributed by atoms with van der Waals surface area (Å²) in [4.78, 5) is 0. The molecule has 5 N–H and O–H groups in total. The van der Waals surface area contributed by atoms with Crippen LogP contribution in [0.2, 0.25) is 0 Å². The maximum atomic E-state index is 11.4. The third-order valence-electron chi connectivity index (χ3n) is 21.7. The van der Waals surface area contributed by atoms with Crippen LogP contribution < -0.4 is 0 Å². The topological polar surface area (TPSA) is 101 Å². The van der Waals surface area contributed by atoms with Crippen LogP contribution in [-0.4, -0.2) is 25.5 Å². The first-order valence-electron chi connectivity index (χ1n) is 26.5. The third-order valence-corrected chi connectivity index (χ3v) is 21.7. The number of benzene rings is 10. The zero-order valence-electron chi connectivity index (χ0n) is 40.6. The SMILES string of the molecule is C[C@]12C3=C4C5=C1[C@@]1(c6ccc(O)cc6)c6c7ccc8c6[C@]5(c5ccc(O)cc5)c5c-8ccc6c5[C@]4(c4ccc(O)cc4)c4c-6ccc5c4[C@]3(c3ccc(O)cc3)c3c-5ccc4c3[C@]2(c2ccc(O)cc2)c2c-4ccc-7c21. The van der Waals surface area contributed by atoms with E-state index in [4.69, 9.17) is 0 Å². The van der Waals surface area contributed by atoms with Crippen molar-refractivity contribution < 1.29 is 25.5 Å². The van der Waals surface area contributed by atoms with Gasteiger partial charge >= 0.3 is 0 Å². The van der Waals surface area contributed by atoms with Gasteiger partial charge < -0.3 is 25.5 Å². The number of phenols is 5. The van der Waals surface area contributed by atoms with Gasteiger partial charge in [-0.25, -0.2) is 0 Å². The molecule has 0 heterocycles. The Bertz CT molecular complexity index is 4510. The van der Waals surface area contributed by atoms with Gasteiger partial charge in [0.1, 0.15) is 28.7 Å². The highest BCUT2D eigenvalue weighted by atomic mass is 16.3. The first-order chi connectivity index (χ1) is 37.1. The monoisotopic (exact) mass is 970 g/mol. The first-order valence-corrected chi connectivity index (χ1v) is 26.5. The standard InChI is InChI=1S/C71H38O5/c1-66-64-62-63-65(66)70(35-8-18-40(75)19-9-35)57-47-27-25-45-43-23-22-42-44-24-26-46-48-28-30-50-51-31-29-49(47)59(70)61(51)71(66,36-10-20-41(76)21-11-36)60(50)58(48)69(64,34-6-16-39(74)17-7-34)56(46)54(44)67(62,32-2-12-37(72)13-3-32)52(42)53(43)68(63,55(45)57)33-4-14-38(73)15-5-33/h2-31,72-76H,1H3/t66-,67+,68-,69+,70-,71+. The summed E-state index contributed by atoms with van der Waals surface area (Å²) in [6.45, 7) is 2.61. The maximum absolute atomic E-state index is 11.4. The Morgan fingerprint density at radius 1 is 0.224 bits per heavy atom. The van der Waals surface area contributed by atoms with E-state index in [0.717, 1.165) is 27.8 Å². The van der Waals surface area contributed by atoms with Gasteiger partial charge in [-0.1, -0.05) is 128 Å². The molecule has 11 aliphatic rings. The van der Waals surface area contributed by atoms with E-state index >= 15 is 0 Å². The lowest BCUT2D eigenvalue weighted by atomic mass is 9.35. The fourth-order valence-electron chi connectivity index (χ4n) is 20.3. The van der Waals surface area contributed by atoms with Gasteiger partial charge in [0.25, 0.3) is 0 Å². The van der Waals surface area contributed by atoms with Gasteiger partial charge in [-0.3, -0.25) is 0 Å². The minimum Gasteiger partial charge on any atom is -0.508 e. The van der Waals surface area contributed by atoms with Crippen molar-refractivity contribution in [3.8, 4) is 84.4 Å². The normalized spacial score (nSPS) is 27.5. The molecule has 0 radical (unpaired) electrons. The summed E-state index contributed by atoms with van der Waals surface area (Å²) in [5, 5.41) is 57.1. The van der Waals surface area contributed by atoms with E-state index in [1.54, 1.807) is 0 Å². The minimum atomic E-state index is -0.909. The smallest absolute Gasteiger partial charge is 0.115 e. The second-order valence-corrected chi connectivity index (χ2v) is 23.7. The molecule has 0 aromatic heterocycles. The molecule has 0 unspecified atom stereocenters. The van der Waals surface area contributed by atoms with Crippen LogP contribution in [0.1, 0.15) is 90.4 Å². The number of allylic oxidation sites excluding steroid dienone is 4. The Morgan fingerprint density at radius 3 is 0.684 bits per heavy atom. The van der Waals surface area contributed by atoms with E-state index in [-0.39, 0.29) is 28.7 Å². The summed E-state index contributed by atoms with van der Waals surface area (Å²) in [6.07, 6.45) is 0. The second kappa shape index (κ2) is 10.9. The summed E-state index contributed by atoms with van der Waals surface area (Å²) in [6, 6.07) is 65.0. The van der Waals surface area contributed by atoms with Crippen molar-refractivity contribution in [3.05, 3.63) is 288 Å². The van der Waals surface area contributed by atoms with Gasteiger partial charge in [-0.05, 0) is 222 Å². The predicted molar refractivity (Wildman–Crippen MR) is 289 cm³/mol. The average Bonchev–Trinajstić information content (AvgIpc) is 1.50. The maximum Gasteiger partial charge on any atom is 0.115 e. The van der Waals surface area contributed by atoms with E-state index in [0.29, 0.717) is 0 Å². The molecule has 6 atom stereocenters. The number of rotatable bonds is 5. The van der Waals surface area contributed by atoms with Gasteiger partial charge in [-0.15, -0.1) is 0 Å². The highest BCUT2D eigenvalue weighted by Crippen LogP contribution is 2.93. The zero-order valence-corrected chi connectivity index (χ0v) is 40.6. The lowest BCUT2D eigenvalue weighted by molar-refractivity contribution is 0.244. The number of fused-ring (bicyclic) bond motifs is 5. The fourth-order valence-corrected chi connectivity index (χ4v) is 20.3. The van der Waals surface area contributed by atoms with Crippen molar-refractivity contribution >= 4 is 0 Å². The molecule has 10 aromatic carbocycles. The van der Waals surface area contributed by atoms with E-state index in [1.165, 1.54) is 134 Å². The van der Waals surface area contributed by atoms with Gasteiger partial charge in [0, 0.05) is 5.41 Å². The Balaban J connectivity index is 1.17. The largest absolute Gasteiger partial charge is 0.508 e. The summed E-state index contributed by atoms with van der Waals surface area (Å²) < 4.78 is 0. The van der Waals surface area contributed by atoms with Crippen LogP contribution >= 0.6 is 0 Å².